The third-order valence-corrected chi connectivity index (χ3v) is 4.23. The van der Waals surface area contributed by atoms with Crippen LogP contribution in [-0.2, 0) is 11.2 Å². The SMILES string of the molecule is N#CC1(NC(=O)Cc2ccccc2Cl)CCCCCC1. The van der Waals surface area contributed by atoms with Crippen LogP contribution in [0.15, 0.2) is 24.3 Å². The number of amides is 1. The number of hydrogen-bond acceptors (Lipinski definition) is 2. The molecule has 1 aliphatic carbocycles. The van der Waals surface area contributed by atoms with E-state index in [1.807, 2.05) is 18.2 Å². The molecule has 0 bridgehead atoms. The molecular weight excluding hydrogens is 272 g/mol. The second-order valence-corrected chi connectivity index (χ2v) is 5.83. The summed E-state index contributed by atoms with van der Waals surface area (Å²) in [5.74, 6) is -0.124. The summed E-state index contributed by atoms with van der Waals surface area (Å²) in [6, 6.07) is 9.64. The number of rotatable bonds is 3. The van der Waals surface area contributed by atoms with Crippen molar-refractivity contribution in [1.29, 1.82) is 5.26 Å². The Bertz CT molecular complexity index is 513. The van der Waals surface area contributed by atoms with Crippen molar-refractivity contribution in [3.8, 4) is 6.07 Å². The van der Waals surface area contributed by atoms with Gasteiger partial charge in [0.2, 0.25) is 5.91 Å². The Morgan fingerprint density at radius 1 is 1.25 bits per heavy atom. The predicted molar refractivity (Wildman–Crippen MR) is 79.3 cm³/mol. The van der Waals surface area contributed by atoms with Gasteiger partial charge < -0.3 is 5.32 Å². The monoisotopic (exact) mass is 290 g/mol. The van der Waals surface area contributed by atoms with Gasteiger partial charge in [-0.25, -0.2) is 0 Å². The minimum Gasteiger partial charge on any atom is -0.338 e. The Hall–Kier alpha value is -1.53. The number of nitrogens with zero attached hydrogens (tertiary/aromatic N) is 1. The molecule has 4 heteroatoms. The Balaban J connectivity index is 2.03. The lowest BCUT2D eigenvalue weighted by atomic mass is 9.91. The highest BCUT2D eigenvalue weighted by molar-refractivity contribution is 6.31. The highest BCUT2D eigenvalue weighted by Crippen LogP contribution is 2.27. The average molecular weight is 291 g/mol. The number of nitrogens with one attached hydrogen (secondary N) is 1. The first kappa shape index (κ1) is 14.9. The van der Waals surface area contributed by atoms with Gasteiger partial charge in [0, 0.05) is 5.02 Å². The van der Waals surface area contributed by atoms with Gasteiger partial charge in [-0.2, -0.15) is 5.26 Å². The second-order valence-electron chi connectivity index (χ2n) is 5.42. The normalized spacial score (nSPS) is 17.8. The summed E-state index contributed by atoms with van der Waals surface area (Å²) in [5.41, 5.74) is 0.114. The standard InChI is InChI=1S/C16H19ClN2O/c17-14-8-4-3-7-13(14)11-15(20)19-16(12-18)9-5-1-2-6-10-16/h3-4,7-8H,1-2,5-6,9-11H2,(H,19,20). The number of carbonyl (C=O) groups excluding carboxylic acids is 1. The van der Waals surface area contributed by atoms with E-state index in [0.717, 1.165) is 44.1 Å². The van der Waals surface area contributed by atoms with Gasteiger partial charge in [-0.15, -0.1) is 0 Å². The quantitative estimate of drug-likeness (QED) is 0.865. The lowest BCUT2D eigenvalue weighted by Crippen LogP contribution is -2.47. The molecule has 1 amide bonds. The molecule has 0 aromatic heterocycles. The number of halogens is 1. The fraction of sp³-hybridized carbons (Fsp3) is 0.500. The summed E-state index contributed by atoms with van der Waals surface area (Å²) in [6.45, 7) is 0. The molecule has 0 heterocycles. The van der Waals surface area contributed by atoms with Crippen molar-refractivity contribution in [1.82, 2.24) is 5.32 Å². The van der Waals surface area contributed by atoms with E-state index < -0.39 is 5.54 Å². The van der Waals surface area contributed by atoms with Crippen molar-refractivity contribution in [3.05, 3.63) is 34.9 Å². The lowest BCUT2D eigenvalue weighted by Gasteiger charge is -2.26. The van der Waals surface area contributed by atoms with Gasteiger partial charge in [-0.05, 0) is 24.5 Å². The third-order valence-electron chi connectivity index (χ3n) is 3.86. The van der Waals surface area contributed by atoms with Crippen LogP contribution in [0.1, 0.15) is 44.1 Å². The first-order valence-corrected chi connectivity index (χ1v) is 7.49. The summed E-state index contributed by atoms with van der Waals surface area (Å²) < 4.78 is 0. The van der Waals surface area contributed by atoms with Crippen LogP contribution >= 0.6 is 11.6 Å². The van der Waals surface area contributed by atoms with Crippen molar-refractivity contribution in [2.45, 2.75) is 50.5 Å². The van der Waals surface area contributed by atoms with E-state index >= 15 is 0 Å². The van der Waals surface area contributed by atoms with Crippen LogP contribution in [0.2, 0.25) is 5.02 Å². The number of carbonyl (C=O) groups is 1. The average Bonchev–Trinajstić information content (AvgIpc) is 2.67. The fourth-order valence-corrected chi connectivity index (χ4v) is 2.93. The van der Waals surface area contributed by atoms with Gasteiger partial charge in [0.25, 0.3) is 0 Å². The molecule has 1 aliphatic rings. The minimum absolute atomic E-state index is 0.124. The molecule has 1 aromatic rings. The zero-order valence-electron chi connectivity index (χ0n) is 11.5. The predicted octanol–water partition coefficient (Wildman–Crippen LogP) is 3.62. The van der Waals surface area contributed by atoms with Crippen LogP contribution in [0.25, 0.3) is 0 Å². The van der Waals surface area contributed by atoms with Crippen molar-refractivity contribution < 1.29 is 4.79 Å². The first-order chi connectivity index (χ1) is 9.65. The van der Waals surface area contributed by atoms with Crippen LogP contribution in [0.3, 0.4) is 0 Å². The van der Waals surface area contributed by atoms with Crippen LogP contribution in [0.4, 0.5) is 0 Å². The van der Waals surface area contributed by atoms with E-state index in [-0.39, 0.29) is 12.3 Å². The molecule has 20 heavy (non-hydrogen) atoms. The van der Waals surface area contributed by atoms with E-state index in [1.54, 1.807) is 6.07 Å². The summed E-state index contributed by atoms with van der Waals surface area (Å²) in [4.78, 5) is 12.2. The molecule has 1 N–H and O–H groups in total. The van der Waals surface area contributed by atoms with Crippen molar-refractivity contribution in [2.24, 2.45) is 0 Å². The highest BCUT2D eigenvalue weighted by Gasteiger charge is 2.32. The van der Waals surface area contributed by atoms with Gasteiger partial charge in [0.15, 0.2) is 0 Å². The largest absolute Gasteiger partial charge is 0.338 e. The molecule has 1 fully saturated rings. The molecule has 2 rings (SSSR count). The molecule has 0 spiro atoms. The second kappa shape index (κ2) is 6.76. The van der Waals surface area contributed by atoms with Crippen LogP contribution in [0.5, 0.6) is 0 Å². The Labute approximate surface area is 124 Å². The van der Waals surface area contributed by atoms with E-state index in [4.69, 9.17) is 11.6 Å². The van der Waals surface area contributed by atoms with E-state index in [9.17, 15) is 10.1 Å². The fourth-order valence-electron chi connectivity index (χ4n) is 2.72. The summed E-state index contributed by atoms with van der Waals surface area (Å²) in [7, 11) is 0. The smallest absolute Gasteiger partial charge is 0.225 e. The van der Waals surface area contributed by atoms with Crippen LogP contribution in [-0.4, -0.2) is 11.4 Å². The van der Waals surface area contributed by atoms with Gasteiger partial charge in [0.05, 0.1) is 12.5 Å². The molecular formula is C16H19ClN2O. The van der Waals surface area contributed by atoms with Gasteiger partial charge in [0.1, 0.15) is 5.54 Å². The highest BCUT2D eigenvalue weighted by atomic mass is 35.5. The first-order valence-electron chi connectivity index (χ1n) is 7.11. The minimum atomic E-state index is -0.686. The van der Waals surface area contributed by atoms with Gasteiger partial charge in [-0.3, -0.25) is 4.79 Å². The molecule has 1 saturated carbocycles. The Morgan fingerprint density at radius 3 is 2.50 bits per heavy atom. The molecule has 0 radical (unpaired) electrons. The van der Waals surface area contributed by atoms with E-state index in [0.29, 0.717) is 5.02 Å². The van der Waals surface area contributed by atoms with Gasteiger partial charge >= 0.3 is 0 Å². The molecule has 0 unspecified atom stereocenters. The summed E-state index contributed by atoms with van der Waals surface area (Å²) in [6.07, 6.45) is 6.01. The maximum absolute atomic E-state index is 12.2. The van der Waals surface area contributed by atoms with E-state index in [2.05, 4.69) is 11.4 Å². The maximum Gasteiger partial charge on any atom is 0.225 e. The third kappa shape index (κ3) is 3.74. The number of hydrogen-bond donors (Lipinski definition) is 1. The molecule has 0 atom stereocenters. The van der Waals surface area contributed by atoms with Crippen molar-refractivity contribution in [2.75, 3.05) is 0 Å². The zero-order valence-corrected chi connectivity index (χ0v) is 12.2. The Kier molecular flexibility index (Phi) is 5.03. The molecule has 1 aromatic carbocycles. The zero-order chi connectivity index (χ0) is 14.4. The number of nitriles is 1. The summed E-state index contributed by atoms with van der Waals surface area (Å²) in [5, 5.41) is 13.0. The van der Waals surface area contributed by atoms with Gasteiger partial charge in [-0.1, -0.05) is 55.5 Å². The van der Waals surface area contributed by atoms with Crippen LogP contribution in [0, 0.1) is 11.3 Å². The number of benzene rings is 1. The van der Waals surface area contributed by atoms with Crippen molar-refractivity contribution in [3.63, 3.8) is 0 Å². The topological polar surface area (TPSA) is 52.9 Å². The molecule has 0 saturated heterocycles. The van der Waals surface area contributed by atoms with E-state index in [1.165, 1.54) is 0 Å². The van der Waals surface area contributed by atoms with Crippen molar-refractivity contribution >= 4 is 17.5 Å². The summed E-state index contributed by atoms with van der Waals surface area (Å²) >= 11 is 6.06. The maximum atomic E-state index is 12.2. The molecule has 106 valence electrons. The van der Waals surface area contributed by atoms with Crippen LogP contribution < -0.4 is 5.32 Å². The molecule has 3 nitrogen and oxygen atoms in total. The Morgan fingerprint density at radius 2 is 1.90 bits per heavy atom. The lowest BCUT2D eigenvalue weighted by molar-refractivity contribution is -0.121. The molecule has 0 aliphatic heterocycles.